The van der Waals surface area contributed by atoms with E-state index in [0.29, 0.717) is 24.5 Å². The van der Waals surface area contributed by atoms with Gasteiger partial charge in [-0.3, -0.25) is 0 Å². The lowest BCUT2D eigenvalue weighted by atomic mass is 9.94. The fraction of sp³-hybridized carbons (Fsp3) is 0.923. The molecule has 4 nitrogen and oxygen atoms in total. The Labute approximate surface area is 105 Å². The van der Waals surface area contributed by atoms with Gasteiger partial charge in [0.15, 0.2) is 0 Å². The van der Waals surface area contributed by atoms with Crippen LogP contribution in [0.2, 0.25) is 0 Å². The molecule has 1 fully saturated rings. The molecule has 0 aliphatic carbocycles. The van der Waals surface area contributed by atoms with E-state index in [0.717, 1.165) is 26.1 Å². The summed E-state index contributed by atoms with van der Waals surface area (Å²) in [4.78, 5) is 13.6. The summed E-state index contributed by atoms with van der Waals surface area (Å²) < 4.78 is 5.25. The van der Waals surface area contributed by atoms with Gasteiger partial charge >= 0.3 is 6.09 Å². The molecule has 2 unspecified atom stereocenters. The summed E-state index contributed by atoms with van der Waals surface area (Å²) in [5.41, 5.74) is 0. The Kier molecular flexibility index (Phi) is 5.75. The summed E-state index contributed by atoms with van der Waals surface area (Å²) in [5, 5.41) is 3.47. The zero-order valence-electron chi connectivity index (χ0n) is 11.5. The zero-order chi connectivity index (χ0) is 12.8. The summed E-state index contributed by atoms with van der Waals surface area (Å²) in [6.07, 6.45) is 0.867. The van der Waals surface area contributed by atoms with Gasteiger partial charge in [-0.2, -0.15) is 0 Å². The lowest BCUT2D eigenvalue weighted by Gasteiger charge is -2.36. The Hall–Kier alpha value is -0.770. The third-order valence-electron chi connectivity index (χ3n) is 3.17. The van der Waals surface area contributed by atoms with Gasteiger partial charge in [0.05, 0.1) is 6.61 Å². The average molecular weight is 242 g/mol. The van der Waals surface area contributed by atoms with Crippen molar-refractivity contribution in [1.29, 1.82) is 0 Å². The summed E-state index contributed by atoms with van der Waals surface area (Å²) in [7, 11) is 0. The second-order valence-corrected chi connectivity index (χ2v) is 5.35. The van der Waals surface area contributed by atoms with Gasteiger partial charge in [0, 0.05) is 19.1 Å². The van der Waals surface area contributed by atoms with Crippen LogP contribution >= 0.6 is 0 Å². The monoisotopic (exact) mass is 242 g/mol. The molecule has 0 bridgehead atoms. The first-order valence-electron chi connectivity index (χ1n) is 6.69. The lowest BCUT2D eigenvalue weighted by Crippen LogP contribution is -2.50. The van der Waals surface area contributed by atoms with E-state index >= 15 is 0 Å². The maximum atomic E-state index is 11.8. The maximum absolute atomic E-state index is 11.8. The Morgan fingerprint density at radius 2 is 2.24 bits per heavy atom. The van der Waals surface area contributed by atoms with Crippen molar-refractivity contribution in [3.63, 3.8) is 0 Å². The Bertz CT molecular complexity index is 244. The van der Waals surface area contributed by atoms with Crippen LogP contribution in [0.25, 0.3) is 0 Å². The average Bonchev–Trinajstić information content (AvgIpc) is 2.28. The molecule has 0 saturated carbocycles. The highest BCUT2D eigenvalue weighted by Crippen LogP contribution is 2.17. The second-order valence-electron chi connectivity index (χ2n) is 5.35. The summed E-state index contributed by atoms with van der Waals surface area (Å²) in [6, 6.07) is 0.536. The molecular weight excluding hydrogens is 216 g/mol. The van der Waals surface area contributed by atoms with Gasteiger partial charge in [0.1, 0.15) is 0 Å². The minimum Gasteiger partial charge on any atom is -0.449 e. The fourth-order valence-corrected chi connectivity index (χ4v) is 2.21. The number of carbonyl (C=O) groups is 1. The van der Waals surface area contributed by atoms with E-state index in [4.69, 9.17) is 4.74 Å². The van der Waals surface area contributed by atoms with E-state index in [1.165, 1.54) is 0 Å². The van der Waals surface area contributed by atoms with E-state index in [1.807, 2.05) is 18.7 Å². The summed E-state index contributed by atoms with van der Waals surface area (Å²) in [6.45, 7) is 11.5. The topological polar surface area (TPSA) is 41.6 Å². The maximum Gasteiger partial charge on any atom is 0.409 e. The fourth-order valence-electron chi connectivity index (χ4n) is 2.21. The molecule has 0 spiro atoms. The second kappa shape index (κ2) is 6.84. The van der Waals surface area contributed by atoms with E-state index < -0.39 is 0 Å². The van der Waals surface area contributed by atoms with Crippen LogP contribution in [0.3, 0.4) is 0 Å². The largest absolute Gasteiger partial charge is 0.449 e. The molecule has 4 heteroatoms. The predicted molar refractivity (Wildman–Crippen MR) is 69.0 cm³/mol. The van der Waals surface area contributed by atoms with Gasteiger partial charge in [0.25, 0.3) is 0 Å². The van der Waals surface area contributed by atoms with Crippen molar-refractivity contribution < 1.29 is 9.53 Å². The summed E-state index contributed by atoms with van der Waals surface area (Å²) >= 11 is 0. The van der Waals surface area contributed by atoms with Gasteiger partial charge in [-0.1, -0.05) is 27.7 Å². The predicted octanol–water partition coefficient (Wildman–Crippen LogP) is 2.10. The van der Waals surface area contributed by atoms with Crippen LogP contribution in [0.15, 0.2) is 0 Å². The third-order valence-corrected chi connectivity index (χ3v) is 3.17. The van der Waals surface area contributed by atoms with Crippen LogP contribution < -0.4 is 5.32 Å². The number of piperidine rings is 1. The first-order chi connectivity index (χ1) is 8.04. The molecule has 0 aromatic heterocycles. The number of hydrogen-bond acceptors (Lipinski definition) is 3. The minimum atomic E-state index is -0.152. The van der Waals surface area contributed by atoms with Crippen molar-refractivity contribution in [3.8, 4) is 0 Å². The molecule has 2 atom stereocenters. The standard InChI is InChI=1S/C13H26N2O2/c1-5-14-12-6-7-15(8-11(12)4)13(16)17-9-10(2)3/h10-12,14H,5-9H2,1-4H3. The zero-order valence-corrected chi connectivity index (χ0v) is 11.5. The molecule has 1 rings (SSSR count). The van der Waals surface area contributed by atoms with Gasteiger partial charge in [-0.15, -0.1) is 0 Å². The highest BCUT2D eigenvalue weighted by atomic mass is 16.6. The number of nitrogens with one attached hydrogen (secondary N) is 1. The van der Waals surface area contributed by atoms with Crippen LogP contribution in [0.5, 0.6) is 0 Å². The molecule has 17 heavy (non-hydrogen) atoms. The van der Waals surface area contributed by atoms with Crippen molar-refractivity contribution in [2.24, 2.45) is 11.8 Å². The first-order valence-corrected chi connectivity index (χ1v) is 6.69. The quantitative estimate of drug-likeness (QED) is 0.821. The van der Waals surface area contributed by atoms with Gasteiger partial charge in [-0.05, 0) is 24.8 Å². The van der Waals surface area contributed by atoms with Crippen molar-refractivity contribution in [2.45, 2.75) is 40.2 Å². The number of rotatable bonds is 4. The van der Waals surface area contributed by atoms with Gasteiger partial charge < -0.3 is 15.0 Å². The lowest BCUT2D eigenvalue weighted by molar-refractivity contribution is 0.0709. The van der Waals surface area contributed by atoms with Crippen molar-refractivity contribution in [1.82, 2.24) is 10.2 Å². The van der Waals surface area contributed by atoms with Gasteiger partial charge in [-0.25, -0.2) is 4.79 Å². The number of likely N-dealkylation sites (tertiary alicyclic amines) is 1. The third kappa shape index (κ3) is 4.54. The molecular formula is C13H26N2O2. The molecule has 1 saturated heterocycles. The van der Waals surface area contributed by atoms with E-state index in [9.17, 15) is 4.79 Å². The molecule has 0 aromatic carbocycles. The molecule has 1 N–H and O–H groups in total. The molecule has 100 valence electrons. The molecule has 1 heterocycles. The number of nitrogens with zero attached hydrogens (tertiary/aromatic N) is 1. The Morgan fingerprint density at radius 3 is 2.76 bits per heavy atom. The number of hydrogen-bond donors (Lipinski definition) is 1. The van der Waals surface area contributed by atoms with Crippen LogP contribution in [0.4, 0.5) is 4.79 Å². The number of carbonyl (C=O) groups excluding carboxylic acids is 1. The SMILES string of the molecule is CCNC1CCN(C(=O)OCC(C)C)CC1C. The van der Waals surface area contributed by atoms with Crippen molar-refractivity contribution in [3.05, 3.63) is 0 Å². The van der Waals surface area contributed by atoms with Crippen LogP contribution in [-0.2, 0) is 4.74 Å². The molecule has 1 amide bonds. The molecule has 0 radical (unpaired) electrons. The number of ether oxygens (including phenoxy) is 1. The molecule has 1 aliphatic heterocycles. The summed E-state index contributed by atoms with van der Waals surface area (Å²) in [5.74, 6) is 0.894. The van der Waals surface area contributed by atoms with Crippen LogP contribution in [0, 0.1) is 11.8 Å². The Morgan fingerprint density at radius 1 is 1.53 bits per heavy atom. The van der Waals surface area contributed by atoms with Crippen LogP contribution in [-0.4, -0.2) is 43.3 Å². The van der Waals surface area contributed by atoms with E-state index in [2.05, 4.69) is 19.2 Å². The Balaban J connectivity index is 2.35. The van der Waals surface area contributed by atoms with E-state index in [-0.39, 0.29) is 6.09 Å². The molecule has 1 aliphatic rings. The molecule has 0 aromatic rings. The van der Waals surface area contributed by atoms with Crippen molar-refractivity contribution >= 4 is 6.09 Å². The van der Waals surface area contributed by atoms with Crippen molar-refractivity contribution in [2.75, 3.05) is 26.2 Å². The van der Waals surface area contributed by atoms with Crippen LogP contribution in [0.1, 0.15) is 34.1 Å². The normalized spacial score (nSPS) is 25.1. The smallest absolute Gasteiger partial charge is 0.409 e. The minimum absolute atomic E-state index is 0.152. The number of amides is 1. The highest BCUT2D eigenvalue weighted by molar-refractivity contribution is 5.67. The highest BCUT2D eigenvalue weighted by Gasteiger charge is 2.28. The van der Waals surface area contributed by atoms with Gasteiger partial charge in [0.2, 0.25) is 0 Å². The first kappa shape index (κ1) is 14.3. The van der Waals surface area contributed by atoms with E-state index in [1.54, 1.807) is 0 Å².